The Bertz CT molecular complexity index is 1040. The lowest BCUT2D eigenvalue weighted by molar-refractivity contribution is 0.413. The molecular weight excluding hydrogens is 336 g/mol. The van der Waals surface area contributed by atoms with Crippen LogP contribution in [0.1, 0.15) is 30.9 Å². The van der Waals surface area contributed by atoms with Crippen molar-refractivity contribution >= 4 is 5.57 Å². The van der Waals surface area contributed by atoms with Gasteiger partial charge in [0.1, 0.15) is 5.75 Å². The van der Waals surface area contributed by atoms with E-state index in [0.717, 1.165) is 29.7 Å². The minimum atomic E-state index is 0.510. The minimum Gasteiger partial charge on any atom is -0.496 e. The maximum atomic E-state index is 5.52. The Morgan fingerprint density at radius 3 is 2.56 bits per heavy atom. The highest BCUT2D eigenvalue weighted by atomic mass is 16.5. The number of methoxy groups -OCH3 is 1. The van der Waals surface area contributed by atoms with Gasteiger partial charge in [-0.15, -0.1) is 0 Å². The van der Waals surface area contributed by atoms with Crippen molar-refractivity contribution in [1.82, 2.24) is 10.1 Å². The maximum absolute atomic E-state index is 5.52. The Labute approximate surface area is 159 Å². The fourth-order valence-corrected chi connectivity index (χ4v) is 3.50. The summed E-state index contributed by atoms with van der Waals surface area (Å²) in [5.41, 5.74) is 6.86. The van der Waals surface area contributed by atoms with Gasteiger partial charge in [0.2, 0.25) is 5.82 Å². The molecule has 0 aliphatic heterocycles. The molecule has 0 unspecified atom stereocenters. The Hall–Kier alpha value is -3.14. The second-order valence-electron chi connectivity index (χ2n) is 6.74. The van der Waals surface area contributed by atoms with Crippen LogP contribution in [0.15, 0.2) is 64.7 Å². The topological polar surface area (TPSA) is 48.2 Å². The molecule has 1 heterocycles. The van der Waals surface area contributed by atoms with E-state index in [1.807, 2.05) is 30.3 Å². The molecule has 0 atom stereocenters. The molecule has 1 aromatic heterocycles. The third-order valence-electron chi connectivity index (χ3n) is 4.93. The summed E-state index contributed by atoms with van der Waals surface area (Å²) in [6, 6.07) is 14.0. The van der Waals surface area contributed by atoms with Crippen LogP contribution in [0.25, 0.3) is 28.4 Å². The number of ether oxygens (including phenoxy) is 1. The molecule has 0 saturated heterocycles. The molecule has 1 aliphatic carbocycles. The van der Waals surface area contributed by atoms with E-state index in [1.54, 1.807) is 7.11 Å². The van der Waals surface area contributed by atoms with Crippen LogP contribution in [-0.4, -0.2) is 17.3 Å². The maximum Gasteiger partial charge on any atom is 0.258 e. The molecule has 0 saturated carbocycles. The highest BCUT2D eigenvalue weighted by Gasteiger charge is 2.16. The van der Waals surface area contributed by atoms with Crippen LogP contribution in [0.3, 0.4) is 0 Å². The van der Waals surface area contributed by atoms with Gasteiger partial charge in [-0.05, 0) is 73.2 Å². The highest BCUT2D eigenvalue weighted by molar-refractivity contribution is 5.82. The first-order valence-electron chi connectivity index (χ1n) is 9.13. The lowest BCUT2D eigenvalue weighted by Gasteiger charge is -2.15. The normalized spacial score (nSPS) is 13.9. The van der Waals surface area contributed by atoms with Crippen molar-refractivity contribution in [1.29, 1.82) is 0 Å². The number of rotatable bonds is 4. The summed E-state index contributed by atoms with van der Waals surface area (Å²) < 4.78 is 10.9. The van der Waals surface area contributed by atoms with E-state index in [9.17, 15) is 0 Å². The first-order valence-corrected chi connectivity index (χ1v) is 9.13. The van der Waals surface area contributed by atoms with E-state index in [1.165, 1.54) is 22.3 Å². The summed E-state index contributed by atoms with van der Waals surface area (Å²) in [4.78, 5) is 4.57. The predicted molar refractivity (Wildman–Crippen MR) is 107 cm³/mol. The number of hydrogen-bond acceptors (Lipinski definition) is 4. The molecule has 4 heteroatoms. The van der Waals surface area contributed by atoms with E-state index in [0.29, 0.717) is 11.7 Å². The molecule has 0 fully saturated rings. The first-order chi connectivity index (χ1) is 13.2. The Balaban J connectivity index is 1.67. The van der Waals surface area contributed by atoms with Crippen LogP contribution in [0.4, 0.5) is 0 Å². The Kier molecular flexibility index (Phi) is 4.63. The minimum absolute atomic E-state index is 0.510. The standard InChI is InChI=1S/C23H22N2O2/c1-15-8-4-5-9-18(15)19-13-12-17(14-16(19)2)23-24-22(25-27-23)20-10-6-7-11-21(20)26-3/h6-14H,4-5H2,1-3H3. The van der Waals surface area contributed by atoms with E-state index in [-0.39, 0.29) is 0 Å². The average Bonchev–Trinajstić information content (AvgIpc) is 3.18. The number of hydrogen-bond donors (Lipinski definition) is 0. The van der Waals surface area contributed by atoms with Crippen LogP contribution in [-0.2, 0) is 0 Å². The van der Waals surface area contributed by atoms with Gasteiger partial charge in [-0.2, -0.15) is 4.98 Å². The van der Waals surface area contributed by atoms with Gasteiger partial charge in [0.15, 0.2) is 0 Å². The van der Waals surface area contributed by atoms with Gasteiger partial charge in [-0.1, -0.05) is 35.5 Å². The molecule has 27 heavy (non-hydrogen) atoms. The third-order valence-corrected chi connectivity index (χ3v) is 4.93. The van der Waals surface area contributed by atoms with Crippen LogP contribution in [0.5, 0.6) is 5.75 Å². The molecule has 4 nitrogen and oxygen atoms in total. The van der Waals surface area contributed by atoms with Gasteiger partial charge in [-0.25, -0.2) is 0 Å². The number of aromatic nitrogens is 2. The molecule has 0 amide bonds. The molecule has 2 aromatic carbocycles. The van der Waals surface area contributed by atoms with Crippen molar-refractivity contribution in [3.05, 3.63) is 71.3 Å². The van der Waals surface area contributed by atoms with Gasteiger partial charge in [-0.3, -0.25) is 0 Å². The second kappa shape index (κ2) is 7.23. The lowest BCUT2D eigenvalue weighted by atomic mass is 9.89. The zero-order chi connectivity index (χ0) is 18.8. The molecule has 0 bridgehead atoms. The fourth-order valence-electron chi connectivity index (χ4n) is 3.50. The zero-order valence-electron chi connectivity index (χ0n) is 15.8. The summed E-state index contributed by atoms with van der Waals surface area (Å²) in [6.45, 7) is 4.30. The quantitative estimate of drug-likeness (QED) is 0.587. The SMILES string of the molecule is COc1ccccc1-c1noc(-c2ccc(C3=CCCC=C3C)c(C)c2)n1. The lowest BCUT2D eigenvalue weighted by Crippen LogP contribution is -1.95. The summed E-state index contributed by atoms with van der Waals surface area (Å²) >= 11 is 0. The molecule has 1 aliphatic rings. The summed E-state index contributed by atoms with van der Waals surface area (Å²) in [5.74, 6) is 1.76. The summed E-state index contributed by atoms with van der Waals surface area (Å²) in [7, 11) is 1.64. The van der Waals surface area contributed by atoms with Crippen LogP contribution in [0.2, 0.25) is 0 Å². The van der Waals surface area contributed by atoms with Crippen molar-refractivity contribution in [2.24, 2.45) is 0 Å². The number of para-hydroxylation sites is 1. The number of aryl methyl sites for hydroxylation is 1. The molecule has 0 radical (unpaired) electrons. The van der Waals surface area contributed by atoms with E-state index in [4.69, 9.17) is 9.26 Å². The number of allylic oxidation sites excluding steroid dienone is 4. The van der Waals surface area contributed by atoms with Crippen molar-refractivity contribution in [3.63, 3.8) is 0 Å². The third kappa shape index (κ3) is 3.31. The first kappa shape index (κ1) is 17.3. The average molecular weight is 358 g/mol. The van der Waals surface area contributed by atoms with Gasteiger partial charge >= 0.3 is 0 Å². The van der Waals surface area contributed by atoms with Crippen molar-refractivity contribution in [2.45, 2.75) is 26.7 Å². The van der Waals surface area contributed by atoms with Crippen LogP contribution < -0.4 is 4.74 Å². The molecule has 136 valence electrons. The molecular formula is C23H22N2O2. The highest BCUT2D eigenvalue weighted by Crippen LogP contribution is 2.33. The predicted octanol–water partition coefficient (Wildman–Crippen LogP) is 5.84. The van der Waals surface area contributed by atoms with Crippen molar-refractivity contribution < 1.29 is 9.26 Å². The monoisotopic (exact) mass is 358 g/mol. The largest absolute Gasteiger partial charge is 0.496 e. The number of nitrogens with zero attached hydrogens (tertiary/aromatic N) is 2. The Morgan fingerprint density at radius 2 is 1.78 bits per heavy atom. The van der Waals surface area contributed by atoms with E-state index >= 15 is 0 Å². The second-order valence-corrected chi connectivity index (χ2v) is 6.74. The molecule has 0 N–H and O–H groups in total. The smallest absolute Gasteiger partial charge is 0.258 e. The molecule has 0 spiro atoms. The number of benzene rings is 2. The Morgan fingerprint density at radius 1 is 0.963 bits per heavy atom. The van der Waals surface area contributed by atoms with Gasteiger partial charge < -0.3 is 9.26 Å². The van der Waals surface area contributed by atoms with Crippen LogP contribution >= 0.6 is 0 Å². The summed E-state index contributed by atoms with van der Waals surface area (Å²) in [6.07, 6.45) is 6.85. The van der Waals surface area contributed by atoms with Crippen molar-refractivity contribution in [3.8, 4) is 28.6 Å². The summed E-state index contributed by atoms with van der Waals surface area (Å²) in [5, 5.41) is 4.14. The van der Waals surface area contributed by atoms with Gasteiger partial charge in [0.25, 0.3) is 5.89 Å². The van der Waals surface area contributed by atoms with Crippen molar-refractivity contribution in [2.75, 3.05) is 7.11 Å². The fraction of sp³-hybridized carbons (Fsp3) is 0.217. The molecule has 4 rings (SSSR count). The van der Waals surface area contributed by atoms with E-state index < -0.39 is 0 Å². The van der Waals surface area contributed by atoms with Crippen LogP contribution in [0, 0.1) is 6.92 Å². The van der Waals surface area contributed by atoms with Gasteiger partial charge in [0, 0.05) is 5.56 Å². The molecule has 3 aromatic rings. The zero-order valence-corrected chi connectivity index (χ0v) is 15.8. The van der Waals surface area contributed by atoms with Gasteiger partial charge in [0.05, 0.1) is 12.7 Å². The van der Waals surface area contributed by atoms with E-state index in [2.05, 4.69) is 48.3 Å².